The van der Waals surface area contributed by atoms with Crippen LogP contribution in [0.1, 0.15) is 61.0 Å². The Kier molecular flexibility index (Phi) is 8.14. The molecule has 0 bridgehead atoms. The first-order valence-corrected chi connectivity index (χ1v) is 12.2. The van der Waals surface area contributed by atoms with Crippen molar-refractivity contribution in [2.45, 2.75) is 76.5 Å². The fourth-order valence-electron chi connectivity index (χ4n) is 4.22. The molecule has 1 aliphatic carbocycles. The Balaban J connectivity index is 1.48. The van der Waals surface area contributed by atoms with Gasteiger partial charge in [0.1, 0.15) is 0 Å². The maximum absolute atomic E-state index is 12.4. The van der Waals surface area contributed by atoms with Gasteiger partial charge < -0.3 is 10.2 Å². The number of amides is 1. The molecule has 1 fully saturated rings. The van der Waals surface area contributed by atoms with E-state index < -0.39 is 0 Å². The average molecular weight is 427 g/mol. The molecule has 3 rings (SSSR count). The predicted molar refractivity (Wildman–Crippen MR) is 125 cm³/mol. The van der Waals surface area contributed by atoms with Gasteiger partial charge in [0.2, 0.25) is 5.91 Å². The lowest BCUT2D eigenvalue weighted by molar-refractivity contribution is -0.121. The van der Waals surface area contributed by atoms with Gasteiger partial charge in [-0.15, -0.1) is 0 Å². The van der Waals surface area contributed by atoms with Gasteiger partial charge in [-0.25, -0.2) is 9.97 Å². The largest absolute Gasteiger partial charge is 0.372 e. The fourth-order valence-corrected chi connectivity index (χ4v) is 4.67. The molecule has 0 atom stereocenters. The quantitative estimate of drug-likeness (QED) is 0.484. The Morgan fingerprint density at radius 2 is 1.73 bits per heavy atom. The molecule has 1 aromatic carbocycles. The number of nitrogens with one attached hydrogen (secondary N) is 1. The maximum atomic E-state index is 12.4. The van der Waals surface area contributed by atoms with Gasteiger partial charge in [-0.1, -0.05) is 43.2 Å². The molecule has 1 aromatic heterocycles. The lowest BCUT2D eigenvalue weighted by Crippen LogP contribution is -2.33. The zero-order valence-electron chi connectivity index (χ0n) is 18.7. The van der Waals surface area contributed by atoms with Crippen molar-refractivity contribution in [2.75, 3.05) is 18.2 Å². The number of aryl methyl sites for hydroxylation is 2. The first-order valence-electron chi connectivity index (χ1n) is 10.9. The normalized spacial score (nSPS) is 14.5. The summed E-state index contributed by atoms with van der Waals surface area (Å²) in [5.41, 5.74) is 5.41. The van der Waals surface area contributed by atoms with Crippen molar-refractivity contribution >= 4 is 23.4 Å². The van der Waals surface area contributed by atoms with Crippen molar-refractivity contribution in [2.24, 2.45) is 0 Å². The Bertz CT molecular complexity index is 824. The van der Waals surface area contributed by atoms with Gasteiger partial charge in [-0.2, -0.15) is 0 Å². The SMILES string of the molecule is CSc1nc(C)c(CCC(=O)NCc2ccc(N(C)C3CCCCC3)cc2)c(C)n1. The van der Waals surface area contributed by atoms with Crippen molar-refractivity contribution in [3.63, 3.8) is 0 Å². The van der Waals surface area contributed by atoms with E-state index in [0.717, 1.165) is 27.7 Å². The first kappa shape index (κ1) is 22.6. The Morgan fingerprint density at radius 1 is 1.10 bits per heavy atom. The van der Waals surface area contributed by atoms with E-state index in [1.807, 2.05) is 20.1 Å². The van der Waals surface area contributed by atoms with E-state index in [9.17, 15) is 4.79 Å². The zero-order valence-corrected chi connectivity index (χ0v) is 19.5. The summed E-state index contributed by atoms with van der Waals surface area (Å²) in [5, 5.41) is 3.83. The van der Waals surface area contributed by atoms with E-state index >= 15 is 0 Å². The molecule has 0 spiro atoms. The van der Waals surface area contributed by atoms with Gasteiger partial charge in [0.05, 0.1) is 0 Å². The molecule has 2 aromatic rings. The predicted octanol–water partition coefficient (Wildman–Crippen LogP) is 4.83. The number of hydrogen-bond donors (Lipinski definition) is 1. The highest BCUT2D eigenvalue weighted by Crippen LogP contribution is 2.26. The monoisotopic (exact) mass is 426 g/mol. The molecule has 162 valence electrons. The number of benzene rings is 1. The average Bonchev–Trinajstić information content (AvgIpc) is 2.77. The molecule has 1 aliphatic rings. The second kappa shape index (κ2) is 10.8. The lowest BCUT2D eigenvalue weighted by Gasteiger charge is -2.33. The number of hydrogen-bond acceptors (Lipinski definition) is 5. The van der Waals surface area contributed by atoms with Gasteiger partial charge in [0.15, 0.2) is 5.16 Å². The van der Waals surface area contributed by atoms with Crippen molar-refractivity contribution < 1.29 is 4.79 Å². The second-order valence-electron chi connectivity index (χ2n) is 8.21. The Morgan fingerprint density at radius 3 is 2.33 bits per heavy atom. The number of anilines is 1. The van der Waals surface area contributed by atoms with Crippen LogP contribution in [0.5, 0.6) is 0 Å². The van der Waals surface area contributed by atoms with Crippen molar-refractivity contribution in [1.29, 1.82) is 0 Å². The maximum Gasteiger partial charge on any atom is 0.220 e. The van der Waals surface area contributed by atoms with Crippen LogP contribution >= 0.6 is 11.8 Å². The standard InChI is InChI=1S/C24H34N4OS/c1-17-22(18(2)27-24(26-17)30-4)14-15-23(29)25-16-19-10-12-21(13-11-19)28(3)20-8-6-5-7-9-20/h10-13,20H,5-9,14-16H2,1-4H3,(H,25,29). The van der Waals surface area contributed by atoms with Gasteiger partial charge in [-0.05, 0) is 62.6 Å². The van der Waals surface area contributed by atoms with Gasteiger partial charge >= 0.3 is 0 Å². The zero-order chi connectivity index (χ0) is 21.5. The lowest BCUT2D eigenvalue weighted by atomic mass is 9.94. The van der Waals surface area contributed by atoms with Crippen LogP contribution in [0, 0.1) is 13.8 Å². The van der Waals surface area contributed by atoms with Crippen molar-refractivity contribution in [1.82, 2.24) is 15.3 Å². The van der Waals surface area contributed by atoms with Crippen molar-refractivity contribution in [3.05, 3.63) is 46.8 Å². The van der Waals surface area contributed by atoms with Crippen LogP contribution in [0.15, 0.2) is 29.4 Å². The molecule has 1 N–H and O–H groups in total. The summed E-state index contributed by atoms with van der Waals surface area (Å²) in [6.45, 7) is 4.55. The number of carbonyl (C=O) groups excluding carboxylic acids is 1. The third-order valence-electron chi connectivity index (χ3n) is 6.14. The summed E-state index contributed by atoms with van der Waals surface area (Å²) in [6.07, 6.45) is 9.73. The number of aromatic nitrogens is 2. The third-order valence-corrected chi connectivity index (χ3v) is 6.69. The topological polar surface area (TPSA) is 58.1 Å². The molecule has 30 heavy (non-hydrogen) atoms. The molecule has 1 saturated carbocycles. The third kappa shape index (κ3) is 5.97. The van der Waals surface area contributed by atoms with Crippen LogP contribution in [0.25, 0.3) is 0 Å². The Hall–Kier alpha value is -2.08. The summed E-state index contributed by atoms with van der Waals surface area (Å²) in [4.78, 5) is 23.8. The van der Waals surface area contributed by atoms with E-state index in [2.05, 4.69) is 51.5 Å². The summed E-state index contributed by atoms with van der Waals surface area (Å²) < 4.78 is 0. The summed E-state index contributed by atoms with van der Waals surface area (Å²) in [7, 11) is 2.20. The first-order chi connectivity index (χ1) is 14.5. The summed E-state index contributed by atoms with van der Waals surface area (Å²) >= 11 is 1.54. The summed E-state index contributed by atoms with van der Waals surface area (Å²) in [6, 6.07) is 9.25. The molecular formula is C24H34N4OS. The highest BCUT2D eigenvalue weighted by molar-refractivity contribution is 7.98. The van der Waals surface area contributed by atoms with Gasteiger partial charge in [0, 0.05) is 43.1 Å². The highest BCUT2D eigenvalue weighted by atomic mass is 32.2. The number of thioether (sulfide) groups is 1. The van der Waals surface area contributed by atoms with E-state index in [1.165, 1.54) is 37.8 Å². The number of nitrogens with zero attached hydrogens (tertiary/aromatic N) is 3. The van der Waals surface area contributed by atoms with E-state index in [-0.39, 0.29) is 5.91 Å². The molecule has 6 heteroatoms. The molecule has 0 saturated heterocycles. The van der Waals surface area contributed by atoms with Crippen LogP contribution in [-0.4, -0.2) is 35.2 Å². The van der Waals surface area contributed by atoms with E-state index in [0.29, 0.717) is 25.4 Å². The highest BCUT2D eigenvalue weighted by Gasteiger charge is 2.18. The number of carbonyl (C=O) groups is 1. The van der Waals surface area contributed by atoms with Gasteiger partial charge in [-0.3, -0.25) is 4.79 Å². The molecule has 0 radical (unpaired) electrons. The Labute approximate surface area is 185 Å². The molecule has 5 nitrogen and oxygen atoms in total. The summed E-state index contributed by atoms with van der Waals surface area (Å²) in [5.74, 6) is 0.0612. The van der Waals surface area contributed by atoms with Crippen LogP contribution < -0.4 is 10.2 Å². The smallest absolute Gasteiger partial charge is 0.220 e. The van der Waals surface area contributed by atoms with Gasteiger partial charge in [0.25, 0.3) is 0 Å². The van der Waals surface area contributed by atoms with Crippen LogP contribution in [-0.2, 0) is 17.8 Å². The van der Waals surface area contributed by atoms with E-state index in [1.54, 1.807) is 11.8 Å². The molecule has 0 aliphatic heterocycles. The molecule has 0 unspecified atom stereocenters. The fraction of sp³-hybridized carbons (Fsp3) is 0.542. The minimum atomic E-state index is 0.0612. The molecule has 1 amide bonds. The number of rotatable bonds is 8. The van der Waals surface area contributed by atoms with Crippen LogP contribution in [0.4, 0.5) is 5.69 Å². The van der Waals surface area contributed by atoms with Crippen molar-refractivity contribution in [3.8, 4) is 0 Å². The van der Waals surface area contributed by atoms with E-state index in [4.69, 9.17) is 0 Å². The molecular weight excluding hydrogens is 392 g/mol. The van der Waals surface area contributed by atoms with Crippen LogP contribution in [0.2, 0.25) is 0 Å². The second-order valence-corrected chi connectivity index (χ2v) is 8.98. The minimum Gasteiger partial charge on any atom is -0.372 e. The minimum absolute atomic E-state index is 0.0612. The van der Waals surface area contributed by atoms with Crippen LogP contribution in [0.3, 0.4) is 0 Å². The molecule has 1 heterocycles.